The molecular weight excluding hydrogens is 333 g/mol. The molecule has 0 amide bonds. The first-order valence-corrected chi connectivity index (χ1v) is 8.09. The van der Waals surface area contributed by atoms with Gasteiger partial charge in [-0.05, 0) is 45.0 Å². The molecule has 2 rings (SSSR count). The Hall–Kier alpha value is -1.86. The zero-order chi connectivity index (χ0) is 18.6. The Bertz CT molecular complexity index is 679. The van der Waals surface area contributed by atoms with Crippen molar-refractivity contribution in [1.29, 1.82) is 0 Å². The van der Waals surface area contributed by atoms with Gasteiger partial charge in [-0.1, -0.05) is 0 Å². The van der Waals surface area contributed by atoms with E-state index in [9.17, 15) is 13.2 Å². The molecule has 0 bridgehead atoms. The molecule has 4 nitrogen and oxygen atoms in total. The standard InChI is InChI=1S/C18H23F3N2O2/c1-12(2)23(9-10-24-4)11-16-13(3)25-17(22-16)14-5-7-15(8-6-14)18(19,20)21/h5-8,12H,9-11H2,1-4H3. The molecule has 7 heteroatoms. The van der Waals surface area contributed by atoms with E-state index in [1.165, 1.54) is 12.1 Å². The Morgan fingerprint density at radius 1 is 1.20 bits per heavy atom. The zero-order valence-electron chi connectivity index (χ0n) is 14.9. The highest BCUT2D eigenvalue weighted by molar-refractivity contribution is 5.54. The largest absolute Gasteiger partial charge is 0.441 e. The van der Waals surface area contributed by atoms with Gasteiger partial charge < -0.3 is 9.15 Å². The first-order valence-electron chi connectivity index (χ1n) is 8.09. The van der Waals surface area contributed by atoms with Crippen LogP contribution in [0.4, 0.5) is 13.2 Å². The summed E-state index contributed by atoms with van der Waals surface area (Å²) in [6, 6.07) is 5.13. The van der Waals surface area contributed by atoms with Gasteiger partial charge in [-0.25, -0.2) is 4.98 Å². The number of aryl methyl sites for hydroxylation is 1. The molecular formula is C18H23F3N2O2. The minimum atomic E-state index is -4.35. The molecule has 0 N–H and O–H groups in total. The number of nitrogens with zero attached hydrogens (tertiary/aromatic N) is 2. The SMILES string of the molecule is COCCN(Cc1nc(-c2ccc(C(F)(F)F)cc2)oc1C)C(C)C. The summed E-state index contributed by atoms with van der Waals surface area (Å²) in [6.07, 6.45) is -4.35. The number of hydrogen-bond donors (Lipinski definition) is 0. The van der Waals surface area contributed by atoms with E-state index in [0.717, 1.165) is 24.4 Å². The Balaban J connectivity index is 2.18. The van der Waals surface area contributed by atoms with Crippen molar-refractivity contribution in [2.45, 2.75) is 39.5 Å². The smallest absolute Gasteiger partial charge is 0.416 e. The van der Waals surface area contributed by atoms with Crippen LogP contribution in [0.3, 0.4) is 0 Å². The second-order valence-electron chi connectivity index (χ2n) is 6.15. The van der Waals surface area contributed by atoms with Crippen LogP contribution in [-0.4, -0.2) is 36.2 Å². The van der Waals surface area contributed by atoms with Crippen LogP contribution < -0.4 is 0 Å². The maximum Gasteiger partial charge on any atom is 0.416 e. The summed E-state index contributed by atoms with van der Waals surface area (Å²) in [5.74, 6) is 0.995. The van der Waals surface area contributed by atoms with Gasteiger partial charge in [-0.15, -0.1) is 0 Å². The van der Waals surface area contributed by atoms with E-state index in [0.29, 0.717) is 36.4 Å². The van der Waals surface area contributed by atoms with Crippen molar-refractivity contribution in [2.75, 3.05) is 20.3 Å². The highest BCUT2D eigenvalue weighted by Crippen LogP contribution is 2.31. The van der Waals surface area contributed by atoms with Gasteiger partial charge in [0.25, 0.3) is 0 Å². The number of methoxy groups -OCH3 is 1. The predicted octanol–water partition coefficient (Wildman–Crippen LogP) is 4.53. The summed E-state index contributed by atoms with van der Waals surface area (Å²) in [5, 5.41) is 0. The summed E-state index contributed by atoms with van der Waals surface area (Å²) >= 11 is 0. The third-order valence-electron chi connectivity index (χ3n) is 4.02. The Morgan fingerprint density at radius 3 is 2.36 bits per heavy atom. The highest BCUT2D eigenvalue weighted by Gasteiger charge is 2.30. The van der Waals surface area contributed by atoms with Crippen molar-refractivity contribution in [3.63, 3.8) is 0 Å². The lowest BCUT2D eigenvalue weighted by Gasteiger charge is -2.25. The molecule has 1 heterocycles. The van der Waals surface area contributed by atoms with Crippen LogP contribution in [0.5, 0.6) is 0 Å². The molecule has 138 valence electrons. The number of rotatable bonds is 7. The predicted molar refractivity (Wildman–Crippen MR) is 89.1 cm³/mol. The first-order chi connectivity index (χ1) is 11.7. The van der Waals surface area contributed by atoms with Crippen molar-refractivity contribution in [1.82, 2.24) is 9.88 Å². The molecule has 0 aliphatic rings. The summed E-state index contributed by atoms with van der Waals surface area (Å²) in [7, 11) is 1.66. The fourth-order valence-electron chi connectivity index (χ4n) is 2.42. The van der Waals surface area contributed by atoms with Gasteiger partial charge >= 0.3 is 6.18 Å². The molecule has 0 atom stereocenters. The van der Waals surface area contributed by atoms with Crippen molar-refractivity contribution < 1.29 is 22.3 Å². The fourth-order valence-corrected chi connectivity index (χ4v) is 2.42. The minimum absolute atomic E-state index is 0.306. The van der Waals surface area contributed by atoms with Crippen LogP contribution in [0.15, 0.2) is 28.7 Å². The molecule has 0 aliphatic heterocycles. The summed E-state index contributed by atoms with van der Waals surface area (Å²) in [5.41, 5.74) is 0.611. The molecule has 0 radical (unpaired) electrons. The Kier molecular flexibility index (Phi) is 6.24. The van der Waals surface area contributed by atoms with E-state index in [2.05, 4.69) is 23.7 Å². The molecule has 0 saturated carbocycles. The molecule has 0 unspecified atom stereocenters. The van der Waals surface area contributed by atoms with Crippen LogP contribution in [0.2, 0.25) is 0 Å². The highest BCUT2D eigenvalue weighted by atomic mass is 19.4. The van der Waals surface area contributed by atoms with Gasteiger partial charge in [-0.3, -0.25) is 4.90 Å². The van der Waals surface area contributed by atoms with Crippen LogP contribution >= 0.6 is 0 Å². The summed E-state index contributed by atoms with van der Waals surface area (Å²) in [4.78, 5) is 6.67. The van der Waals surface area contributed by atoms with Gasteiger partial charge in [0.15, 0.2) is 0 Å². The maximum absolute atomic E-state index is 12.7. The van der Waals surface area contributed by atoms with Gasteiger partial charge in [0, 0.05) is 31.8 Å². The van der Waals surface area contributed by atoms with Gasteiger partial charge in [0.2, 0.25) is 5.89 Å². The van der Waals surface area contributed by atoms with Gasteiger partial charge in [-0.2, -0.15) is 13.2 Å². The second-order valence-corrected chi connectivity index (χ2v) is 6.15. The minimum Gasteiger partial charge on any atom is -0.441 e. The fraction of sp³-hybridized carbons (Fsp3) is 0.500. The normalized spacial score (nSPS) is 12.4. The maximum atomic E-state index is 12.7. The summed E-state index contributed by atoms with van der Waals surface area (Å²) in [6.45, 7) is 7.95. The number of alkyl halides is 3. The molecule has 1 aromatic carbocycles. The Morgan fingerprint density at radius 2 is 1.84 bits per heavy atom. The lowest BCUT2D eigenvalue weighted by molar-refractivity contribution is -0.137. The van der Waals surface area contributed by atoms with E-state index >= 15 is 0 Å². The van der Waals surface area contributed by atoms with Crippen molar-refractivity contribution in [3.8, 4) is 11.5 Å². The van der Waals surface area contributed by atoms with E-state index in [4.69, 9.17) is 9.15 Å². The van der Waals surface area contributed by atoms with Crippen LogP contribution in [0.25, 0.3) is 11.5 Å². The number of aromatic nitrogens is 1. The van der Waals surface area contributed by atoms with Gasteiger partial charge in [0.1, 0.15) is 5.76 Å². The molecule has 0 saturated heterocycles. The van der Waals surface area contributed by atoms with Crippen molar-refractivity contribution >= 4 is 0 Å². The van der Waals surface area contributed by atoms with Crippen molar-refractivity contribution in [2.24, 2.45) is 0 Å². The molecule has 2 aromatic rings. The molecule has 0 aliphatic carbocycles. The topological polar surface area (TPSA) is 38.5 Å². The van der Waals surface area contributed by atoms with Crippen LogP contribution in [-0.2, 0) is 17.5 Å². The lowest BCUT2D eigenvalue weighted by Crippen LogP contribution is -2.33. The Labute approximate surface area is 145 Å². The average Bonchev–Trinajstić information content (AvgIpc) is 2.91. The van der Waals surface area contributed by atoms with E-state index < -0.39 is 11.7 Å². The molecule has 0 spiro atoms. The van der Waals surface area contributed by atoms with E-state index in [1.54, 1.807) is 7.11 Å². The lowest BCUT2D eigenvalue weighted by atomic mass is 10.1. The van der Waals surface area contributed by atoms with Crippen LogP contribution in [0, 0.1) is 6.92 Å². The average molecular weight is 356 g/mol. The monoisotopic (exact) mass is 356 g/mol. The molecule has 25 heavy (non-hydrogen) atoms. The summed E-state index contributed by atoms with van der Waals surface area (Å²) < 4.78 is 48.8. The third-order valence-corrected chi connectivity index (χ3v) is 4.02. The number of benzene rings is 1. The van der Waals surface area contributed by atoms with Gasteiger partial charge in [0.05, 0.1) is 17.9 Å². The quantitative estimate of drug-likeness (QED) is 0.731. The first kappa shape index (κ1) is 19.5. The van der Waals surface area contributed by atoms with E-state index in [1.807, 2.05) is 6.92 Å². The van der Waals surface area contributed by atoms with Crippen molar-refractivity contribution in [3.05, 3.63) is 41.3 Å². The number of oxazole rings is 1. The molecule has 0 fully saturated rings. The number of hydrogen-bond acceptors (Lipinski definition) is 4. The van der Waals surface area contributed by atoms with Crippen LogP contribution in [0.1, 0.15) is 30.9 Å². The molecule has 1 aromatic heterocycles. The zero-order valence-corrected chi connectivity index (χ0v) is 14.9. The number of halogens is 3. The number of ether oxygens (including phenoxy) is 1. The van der Waals surface area contributed by atoms with E-state index in [-0.39, 0.29) is 0 Å². The second kappa shape index (κ2) is 8.01. The third kappa shape index (κ3) is 5.06.